The van der Waals surface area contributed by atoms with E-state index >= 15 is 0 Å². The van der Waals surface area contributed by atoms with Crippen LogP contribution in [-0.2, 0) is 23.2 Å². The lowest BCUT2D eigenvalue weighted by atomic mass is 10.0. The number of H-pyrrole nitrogens is 1. The van der Waals surface area contributed by atoms with E-state index in [1.54, 1.807) is 4.90 Å². The second-order valence-electron chi connectivity index (χ2n) is 7.52. The van der Waals surface area contributed by atoms with Crippen LogP contribution in [0.2, 0.25) is 0 Å². The molecule has 21 heavy (non-hydrogen) atoms. The molecule has 0 radical (unpaired) electrons. The van der Waals surface area contributed by atoms with Gasteiger partial charge in [0, 0.05) is 18.7 Å². The fourth-order valence-electron chi connectivity index (χ4n) is 2.49. The van der Waals surface area contributed by atoms with Crippen molar-refractivity contribution >= 4 is 6.09 Å². The molecule has 2 rings (SSSR count). The number of nitrogens with zero attached hydrogens (tertiary/aromatic N) is 2. The van der Waals surface area contributed by atoms with Crippen LogP contribution in [0.1, 0.15) is 52.8 Å². The molecule has 2 heterocycles. The van der Waals surface area contributed by atoms with Crippen molar-refractivity contribution in [2.45, 2.75) is 65.6 Å². The van der Waals surface area contributed by atoms with Gasteiger partial charge in [0.1, 0.15) is 5.60 Å². The van der Waals surface area contributed by atoms with E-state index in [-0.39, 0.29) is 17.2 Å². The Morgan fingerprint density at radius 1 is 1.19 bits per heavy atom. The minimum Gasteiger partial charge on any atom is -0.444 e. The molecule has 0 unspecified atom stereocenters. The maximum atomic E-state index is 12.1. The Kier molecular flexibility index (Phi) is 3.68. The average molecular weight is 295 g/mol. The molecule has 6 nitrogen and oxygen atoms in total. The van der Waals surface area contributed by atoms with Crippen molar-refractivity contribution in [2.24, 2.45) is 0 Å². The Bertz CT molecular complexity index is 599. The topological polar surface area (TPSA) is 67.3 Å². The highest BCUT2D eigenvalue weighted by Crippen LogP contribution is 2.23. The van der Waals surface area contributed by atoms with Gasteiger partial charge >= 0.3 is 6.09 Å². The number of carbonyl (C=O) groups excluding carboxylic acids is 1. The molecule has 0 aromatic carbocycles. The first-order valence-corrected chi connectivity index (χ1v) is 7.30. The molecule has 1 aliphatic heterocycles. The maximum absolute atomic E-state index is 12.1. The molecule has 0 fully saturated rings. The SMILES string of the molecule is CC(C)(C)OC(=O)N1CCc2c(c(=O)[nH]n2C(C)(C)C)C1. The summed E-state index contributed by atoms with van der Waals surface area (Å²) in [5.74, 6) is 0. The Morgan fingerprint density at radius 3 is 2.33 bits per heavy atom. The van der Waals surface area contributed by atoms with Crippen LogP contribution < -0.4 is 5.56 Å². The summed E-state index contributed by atoms with van der Waals surface area (Å²) < 4.78 is 7.29. The van der Waals surface area contributed by atoms with Gasteiger partial charge in [-0.25, -0.2) is 4.79 Å². The van der Waals surface area contributed by atoms with Gasteiger partial charge in [-0.15, -0.1) is 0 Å². The summed E-state index contributed by atoms with van der Waals surface area (Å²) in [5.41, 5.74) is 0.838. The van der Waals surface area contributed by atoms with Gasteiger partial charge in [0.05, 0.1) is 17.6 Å². The molecule has 1 amide bonds. The molecule has 118 valence electrons. The summed E-state index contributed by atoms with van der Waals surface area (Å²) in [6.45, 7) is 12.5. The van der Waals surface area contributed by atoms with Crippen LogP contribution in [0.5, 0.6) is 0 Å². The van der Waals surface area contributed by atoms with Gasteiger partial charge in [-0.05, 0) is 41.5 Å². The van der Waals surface area contributed by atoms with Crippen LogP contribution in [0.4, 0.5) is 4.79 Å². The van der Waals surface area contributed by atoms with Gasteiger partial charge in [0.15, 0.2) is 0 Å². The lowest BCUT2D eigenvalue weighted by Crippen LogP contribution is -2.41. The fourth-order valence-corrected chi connectivity index (χ4v) is 2.49. The number of aromatic amines is 1. The fraction of sp³-hybridized carbons (Fsp3) is 0.733. The molecule has 1 N–H and O–H groups in total. The van der Waals surface area contributed by atoms with Gasteiger partial charge in [-0.1, -0.05) is 0 Å². The van der Waals surface area contributed by atoms with Crippen LogP contribution in [0.3, 0.4) is 0 Å². The zero-order valence-electron chi connectivity index (χ0n) is 13.7. The highest BCUT2D eigenvalue weighted by molar-refractivity contribution is 5.68. The van der Waals surface area contributed by atoms with E-state index in [9.17, 15) is 9.59 Å². The standard InChI is InChI=1S/C15H25N3O3/c1-14(2,3)18-11-7-8-17(9-10(11)12(19)16-18)13(20)21-15(4,5)6/h7-9H2,1-6H3,(H,16,19). The number of fused-ring (bicyclic) bond motifs is 1. The number of nitrogens with one attached hydrogen (secondary N) is 1. The Balaban J connectivity index is 2.24. The summed E-state index contributed by atoms with van der Waals surface area (Å²) in [6.07, 6.45) is 0.293. The molecule has 0 bridgehead atoms. The highest BCUT2D eigenvalue weighted by atomic mass is 16.6. The predicted octanol–water partition coefficient (Wildman–Crippen LogP) is 2.22. The molecule has 0 saturated heterocycles. The van der Waals surface area contributed by atoms with Crippen molar-refractivity contribution in [3.05, 3.63) is 21.6 Å². The van der Waals surface area contributed by atoms with Crippen LogP contribution in [0.25, 0.3) is 0 Å². The summed E-state index contributed by atoms with van der Waals surface area (Å²) in [7, 11) is 0. The lowest BCUT2D eigenvalue weighted by Gasteiger charge is -2.31. The van der Waals surface area contributed by atoms with Crippen molar-refractivity contribution in [3.8, 4) is 0 Å². The van der Waals surface area contributed by atoms with E-state index in [0.717, 1.165) is 5.69 Å². The third-order valence-electron chi connectivity index (χ3n) is 3.40. The van der Waals surface area contributed by atoms with E-state index in [2.05, 4.69) is 5.10 Å². The molecule has 0 atom stereocenters. The lowest BCUT2D eigenvalue weighted by molar-refractivity contribution is 0.0221. The minimum atomic E-state index is -0.527. The van der Waals surface area contributed by atoms with Crippen LogP contribution in [0.15, 0.2) is 4.79 Å². The van der Waals surface area contributed by atoms with Crippen molar-refractivity contribution < 1.29 is 9.53 Å². The predicted molar refractivity (Wildman–Crippen MR) is 80.4 cm³/mol. The first kappa shape index (κ1) is 15.7. The Morgan fingerprint density at radius 2 is 1.81 bits per heavy atom. The van der Waals surface area contributed by atoms with Crippen molar-refractivity contribution in [2.75, 3.05) is 6.54 Å². The van der Waals surface area contributed by atoms with Crippen molar-refractivity contribution in [3.63, 3.8) is 0 Å². The first-order chi connectivity index (χ1) is 9.49. The number of aromatic nitrogens is 2. The van der Waals surface area contributed by atoms with E-state index in [0.29, 0.717) is 25.1 Å². The van der Waals surface area contributed by atoms with Gasteiger partial charge in [-0.3, -0.25) is 14.6 Å². The summed E-state index contributed by atoms with van der Waals surface area (Å²) in [4.78, 5) is 25.8. The summed E-state index contributed by atoms with van der Waals surface area (Å²) in [5, 5.41) is 2.89. The van der Waals surface area contributed by atoms with Gasteiger partial charge in [0.25, 0.3) is 5.56 Å². The van der Waals surface area contributed by atoms with E-state index < -0.39 is 5.60 Å². The number of hydrogen-bond acceptors (Lipinski definition) is 3. The maximum Gasteiger partial charge on any atom is 0.410 e. The second kappa shape index (κ2) is 4.93. The molecular formula is C15H25N3O3. The van der Waals surface area contributed by atoms with Gasteiger partial charge in [-0.2, -0.15) is 0 Å². The average Bonchev–Trinajstić information content (AvgIpc) is 2.64. The number of ether oxygens (including phenoxy) is 1. The monoisotopic (exact) mass is 295 g/mol. The van der Waals surface area contributed by atoms with Crippen molar-refractivity contribution in [1.29, 1.82) is 0 Å². The van der Waals surface area contributed by atoms with E-state index in [4.69, 9.17) is 4.74 Å². The van der Waals surface area contributed by atoms with Crippen LogP contribution in [0, 0.1) is 0 Å². The number of amides is 1. The third kappa shape index (κ3) is 3.31. The van der Waals surface area contributed by atoms with E-state index in [1.165, 1.54) is 0 Å². The Labute approximate surface area is 125 Å². The zero-order chi connectivity index (χ0) is 16.0. The molecule has 0 saturated carbocycles. The normalized spacial score (nSPS) is 15.8. The minimum absolute atomic E-state index is 0.117. The summed E-state index contributed by atoms with van der Waals surface area (Å²) in [6, 6.07) is 0. The molecular weight excluding hydrogens is 270 g/mol. The zero-order valence-corrected chi connectivity index (χ0v) is 13.7. The highest BCUT2D eigenvalue weighted by Gasteiger charge is 2.31. The molecule has 1 aromatic heterocycles. The molecule has 1 aromatic rings. The summed E-state index contributed by atoms with van der Waals surface area (Å²) >= 11 is 0. The van der Waals surface area contributed by atoms with E-state index in [1.807, 2.05) is 46.2 Å². The number of rotatable bonds is 0. The first-order valence-electron chi connectivity index (χ1n) is 7.30. The number of carbonyl (C=O) groups is 1. The van der Waals surface area contributed by atoms with Crippen LogP contribution >= 0.6 is 0 Å². The molecule has 1 aliphatic rings. The smallest absolute Gasteiger partial charge is 0.410 e. The third-order valence-corrected chi connectivity index (χ3v) is 3.40. The van der Waals surface area contributed by atoms with Gasteiger partial charge < -0.3 is 9.64 Å². The largest absolute Gasteiger partial charge is 0.444 e. The second-order valence-corrected chi connectivity index (χ2v) is 7.52. The van der Waals surface area contributed by atoms with Gasteiger partial charge in [0.2, 0.25) is 0 Å². The quantitative estimate of drug-likeness (QED) is 0.798. The molecule has 0 aliphatic carbocycles. The number of hydrogen-bond donors (Lipinski definition) is 1. The molecule has 6 heteroatoms. The van der Waals surface area contributed by atoms with Crippen LogP contribution in [-0.4, -0.2) is 32.9 Å². The Hall–Kier alpha value is -1.72. The molecule has 0 spiro atoms. The van der Waals surface area contributed by atoms with Crippen molar-refractivity contribution in [1.82, 2.24) is 14.7 Å².